The summed E-state index contributed by atoms with van der Waals surface area (Å²) in [5.41, 5.74) is 8.76. The Morgan fingerprint density at radius 3 is 2.38 bits per heavy atom. The summed E-state index contributed by atoms with van der Waals surface area (Å²) in [6, 6.07) is 19.0. The molecule has 3 aromatic carbocycles. The van der Waals surface area contributed by atoms with Gasteiger partial charge in [-0.05, 0) is 88.2 Å². The summed E-state index contributed by atoms with van der Waals surface area (Å²) in [6.07, 6.45) is 1.52. The third-order valence-corrected chi connectivity index (χ3v) is 9.08. The van der Waals surface area contributed by atoms with Crippen LogP contribution < -0.4 is 9.73 Å². The predicted molar refractivity (Wildman–Crippen MR) is 163 cm³/mol. The highest BCUT2D eigenvalue weighted by Crippen LogP contribution is 2.30. The lowest BCUT2D eigenvalue weighted by Crippen LogP contribution is -2.40. The normalized spacial score (nSPS) is 11.7. The van der Waals surface area contributed by atoms with Gasteiger partial charge >= 0.3 is 0 Å². The second kappa shape index (κ2) is 11.9. The van der Waals surface area contributed by atoms with E-state index in [-0.39, 0.29) is 4.90 Å². The van der Waals surface area contributed by atoms with Crippen LogP contribution in [-0.4, -0.2) is 31.7 Å². The van der Waals surface area contributed by atoms with Crippen molar-refractivity contribution in [3.8, 4) is 5.69 Å². The number of hydrazone groups is 1. The van der Waals surface area contributed by atoms with Gasteiger partial charge in [0.05, 0.1) is 27.5 Å². The maximum absolute atomic E-state index is 13.7. The van der Waals surface area contributed by atoms with E-state index in [2.05, 4.69) is 10.5 Å². The van der Waals surface area contributed by atoms with E-state index in [9.17, 15) is 13.2 Å². The Morgan fingerprint density at radius 2 is 1.68 bits per heavy atom. The summed E-state index contributed by atoms with van der Waals surface area (Å²) in [5, 5.41) is 5.23. The number of hydrogen-bond donors (Lipinski definition) is 1. The first-order valence-electron chi connectivity index (χ1n) is 12.5. The number of halogens is 2. The molecule has 0 aliphatic rings. The third kappa shape index (κ3) is 6.09. The summed E-state index contributed by atoms with van der Waals surface area (Å²) in [5.74, 6) is -0.584. The summed E-state index contributed by atoms with van der Waals surface area (Å²) in [4.78, 5) is 13.1. The molecule has 0 saturated heterocycles. The standard InChI is InChI=1S/C30H30Cl2N4O3S/c1-19-9-12-26(13-10-19)40(38,39)35(28-8-6-7-20(2)22(28)4)18-30(37)34-33-17-24-15-21(3)36(23(24)5)29-16-25(31)11-14-27(29)32/h6-17H,18H2,1-5H3,(H,34,37)/b33-17-. The Morgan fingerprint density at radius 1 is 0.975 bits per heavy atom. The number of anilines is 1. The molecule has 0 bridgehead atoms. The Kier molecular flexibility index (Phi) is 8.73. The number of nitrogens with one attached hydrogen (secondary N) is 1. The van der Waals surface area contributed by atoms with Crippen LogP contribution in [0.25, 0.3) is 5.69 Å². The molecule has 0 fully saturated rings. The van der Waals surface area contributed by atoms with Crippen molar-refractivity contribution in [1.82, 2.24) is 9.99 Å². The summed E-state index contributed by atoms with van der Waals surface area (Å²) in [6.45, 7) is 9.00. The van der Waals surface area contributed by atoms with E-state index >= 15 is 0 Å². The van der Waals surface area contributed by atoms with E-state index in [0.29, 0.717) is 15.7 Å². The van der Waals surface area contributed by atoms with Crippen molar-refractivity contribution in [2.24, 2.45) is 5.10 Å². The molecule has 1 aromatic heterocycles. The molecule has 208 valence electrons. The summed E-state index contributed by atoms with van der Waals surface area (Å²) < 4.78 is 30.5. The molecule has 0 unspecified atom stereocenters. The Balaban J connectivity index is 1.60. The van der Waals surface area contributed by atoms with Crippen molar-refractivity contribution in [2.75, 3.05) is 10.8 Å². The van der Waals surface area contributed by atoms with Gasteiger partial charge in [0.2, 0.25) is 0 Å². The van der Waals surface area contributed by atoms with Crippen LogP contribution in [0.4, 0.5) is 5.69 Å². The molecule has 40 heavy (non-hydrogen) atoms. The van der Waals surface area contributed by atoms with Gasteiger partial charge in [0.25, 0.3) is 15.9 Å². The predicted octanol–water partition coefficient (Wildman–Crippen LogP) is 6.67. The molecule has 0 radical (unpaired) electrons. The van der Waals surface area contributed by atoms with Crippen LogP contribution >= 0.6 is 23.2 Å². The molecule has 1 N–H and O–H groups in total. The molecule has 0 saturated carbocycles. The number of rotatable bonds is 8. The topological polar surface area (TPSA) is 83.8 Å². The van der Waals surface area contributed by atoms with Crippen LogP contribution in [-0.2, 0) is 14.8 Å². The molecule has 1 heterocycles. The minimum atomic E-state index is -4.04. The number of aryl methyl sites for hydroxylation is 3. The van der Waals surface area contributed by atoms with Crippen molar-refractivity contribution in [3.05, 3.63) is 110 Å². The zero-order valence-corrected chi connectivity index (χ0v) is 25.2. The molecular formula is C30H30Cl2N4O3S. The lowest BCUT2D eigenvalue weighted by atomic mass is 10.1. The van der Waals surface area contributed by atoms with Gasteiger partial charge in [-0.15, -0.1) is 0 Å². The van der Waals surface area contributed by atoms with Crippen LogP contribution in [0.5, 0.6) is 0 Å². The monoisotopic (exact) mass is 596 g/mol. The van der Waals surface area contributed by atoms with Crippen molar-refractivity contribution < 1.29 is 13.2 Å². The zero-order valence-electron chi connectivity index (χ0n) is 22.9. The molecule has 0 aliphatic heterocycles. The summed E-state index contributed by atoms with van der Waals surface area (Å²) in [7, 11) is -4.04. The quantitative estimate of drug-likeness (QED) is 0.182. The number of carbonyl (C=O) groups is 1. The van der Waals surface area contributed by atoms with E-state index in [4.69, 9.17) is 23.2 Å². The lowest BCUT2D eigenvalue weighted by molar-refractivity contribution is -0.119. The van der Waals surface area contributed by atoms with Gasteiger partial charge < -0.3 is 4.57 Å². The highest BCUT2D eigenvalue weighted by molar-refractivity contribution is 7.92. The molecule has 10 heteroatoms. The minimum absolute atomic E-state index is 0.0995. The Bertz CT molecular complexity index is 1710. The molecule has 0 atom stereocenters. The van der Waals surface area contributed by atoms with Crippen LogP contribution in [0, 0.1) is 34.6 Å². The van der Waals surface area contributed by atoms with Gasteiger partial charge in [0.1, 0.15) is 6.54 Å². The minimum Gasteiger partial charge on any atom is -0.316 e. The number of nitrogens with zero attached hydrogens (tertiary/aromatic N) is 3. The molecule has 0 spiro atoms. The Hall–Kier alpha value is -3.59. The van der Waals surface area contributed by atoms with E-state index < -0.39 is 22.5 Å². The molecule has 4 aromatic rings. The lowest BCUT2D eigenvalue weighted by Gasteiger charge is -2.26. The molecule has 1 amide bonds. The highest BCUT2D eigenvalue weighted by Gasteiger charge is 2.28. The van der Waals surface area contributed by atoms with Crippen molar-refractivity contribution >= 4 is 51.0 Å². The number of sulfonamides is 1. The largest absolute Gasteiger partial charge is 0.316 e. The SMILES string of the molecule is Cc1ccc(S(=O)(=O)N(CC(=O)N/N=C\c2cc(C)n(-c3cc(Cl)ccc3Cl)c2C)c2cccc(C)c2C)cc1. The average molecular weight is 598 g/mol. The van der Waals surface area contributed by atoms with Gasteiger partial charge in [-0.1, -0.05) is 53.0 Å². The van der Waals surface area contributed by atoms with Crippen LogP contribution in [0.15, 0.2) is 76.7 Å². The van der Waals surface area contributed by atoms with Gasteiger partial charge in [-0.2, -0.15) is 5.10 Å². The smallest absolute Gasteiger partial charge is 0.264 e. The van der Waals surface area contributed by atoms with Crippen molar-refractivity contribution in [2.45, 2.75) is 39.5 Å². The number of benzene rings is 3. The maximum Gasteiger partial charge on any atom is 0.264 e. The average Bonchev–Trinajstić information content (AvgIpc) is 3.18. The number of aromatic nitrogens is 1. The van der Waals surface area contributed by atoms with E-state index in [1.165, 1.54) is 6.21 Å². The fraction of sp³-hybridized carbons (Fsp3) is 0.200. The van der Waals surface area contributed by atoms with Crippen LogP contribution in [0.1, 0.15) is 33.6 Å². The second-order valence-corrected chi connectivity index (χ2v) is 12.3. The third-order valence-electron chi connectivity index (χ3n) is 6.75. The fourth-order valence-electron chi connectivity index (χ4n) is 4.43. The second-order valence-electron chi connectivity index (χ2n) is 9.59. The maximum atomic E-state index is 13.7. The first-order valence-corrected chi connectivity index (χ1v) is 14.7. The number of carbonyl (C=O) groups excluding carboxylic acids is 1. The first kappa shape index (κ1) is 29.4. The van der Waals surface area contributed by atoms with Gasteiger partial charge in [-0.25, -0.2) is 13.8 Å². The first-order chi connectivity index (χ1) is 18.9. The molecule has 7 nitrogen and oxygen atoms in total. The molecule has 0 aliphatic carbocycles. The Labute approximate surface area is 245 Å². The van der Waals surface area contributed by atoms with E-state index in [1.54, 1.807) is 54.6 Å². The fourth-order valence-corrected chi connectivity index (χ4v) is 6.28. The molecule has 4 rings (SSSR count). The van der Waals surface area contributed by atoms with Crippen LogP contribution in [0.3, 0.4) is 0 Å². The van der Waals surface area contributed by atoms with E-state index in [1.807, 2.05) is 51.3 Å². The van der Waals surface area contributed by atoms with Crippen molar-refractivity contribution in [1.29, 1.82) is 0 Å². The molecular weight excluding hydrogens is 567 g/mol. The van der Waals surface area contributed by atoms with Gasteiger partial charge in [0, 0.05) is 22.0 Å². The van der Waals surface area contributed by atoms with E-state index in [0.717, 1.165) is 43.6 Å². The summed E-state index contributed by atoms with van der Waals surface area (Å²) >= 11 is 12.6. The van der Waals surface area contributed by atoms with Crippen molar-refractivity contribution in [3.63, 3.8) is 0 Å². The van der Waals surface area contributed by atoms with Crippen LogP contribution in [0.2, 0.25) is 10.0 Å². The number of amides is 1. The number of hydrogen-bond acceptors (Lipinski definition) is 4. The van der Waals surface area contributed by atoms with Gasteiger partial charge in [-0.3, -0.25) is 9.10 Å². The van der Waals surface area contributed by atoms with Gasteiger partial charge in [0.15, 0.2) is 0 Å². The highest BCUT2D eigenvalue weighted by atomic mass is 35.5. The zero-order chi connectivity index (χ0) is 29.2.